The molecule has 0 saturated carbocycles. The number of amides is 1. The molecule has 0 bridgehead atoms. The molecular formula is C25H25N7O2. The van der Waals surface area contributed by atoms with E-state index in [4.69, 9.17) is 0 Å². The van der Waals surface area contributed by atoms with Crippen LogP contribution in [0.2, 0.25) is 0 Å². The van der Waals surface area contributed by atoms with Crippen LogP contribution < -0.4 is 10.6 Å². The van der Waals surface area contributed by atoms with E-state index in [1.54, 1.807) is 47.6 Å². The molecule has 4 N–H and O–H groups in total. The van der Waals surface area contributed by atoms with Gasteiger partial charge in [-0.3, -0.25) is 9.89 Å². The van der Waals surface area contributed by atoms with Crippen LogP contribution in [-0.2, 0) is 0 Å². The van der Waals surface area contributed by atoms with E-state index in [0.717, 1.165) is 22.2 Å². The standard InChI is InChI=1S/C25H25N7O2/c1-3-25(10-5-4-6-21(25)33)30-23(34)17-9-11-32(15-17)22-16(2)13-26-24(29-22)28-19-7-8-20-18(12-19)14-27-31-20/h4-15,21,33H,3H2,1-2H3,(H,27,31)(H,30,34)(H,26,28,29). The molecule has 1 aliphatic carbocycles. The average Bonchev–Trinajstić information content (AvgIpc) is 3.51. The molecule has 34 heavy (non-hydrogen) atoms. The van der Waals surface area contributed by atoms with Crippen LogP contribution in [0.3, 0.4) is 0 Å². The van der Waals surface area contributed by atoms with Crippen LogP contribution in [0.1, 0.15) is 29.3 Å². The molecule has 0 saturated heterocycles. The van der Waals surface area contributed by atoms with Gasteiger partial charge >= 0.3 is 0 Å². The summed E-state index contributed by atoms with van der Waals surface area (Å²) in [5, 5.41) is 24.6. The molecule has 2 atom stereocenters. The summed E-state index contributed by atoms with van der Waals surface area (Å²) >= 11 is 0. The Hall–Kier alpha value is -4.24. The van der Waals surface area contributed by atoms with Crippen molar-refractivity contribution in [3.63, 3.8) is 0 Å². The Morgan fingerprint density at radius 1 is 1.26 bits per heavy atom. The van der Waals surface area contributed by atoms with E-state index < -0.39 is 11.6 Å². The number of aromatic amines is 1. The summed E-state index contributed by atoms with van der Waals surface area (Å²) in [6.07, 6.45) is 13.9. The van der Waals surface area contributed by atoms with Crippen LogP contribution >= 0.6 is 0 Å². The van der Waals surface area contributed by atoms with Gasteiger partial charge in [-0.1, -0.05) is 31.2 Å². The predicted octanol–water partition coefficient (Wildman–Crippen LogP) is 3.56. The number of allylic oxidation sites excluding steroid dienone is 2. The highest BCUT2D eigenvalue weighted by Gasteiger charge is 2.35. The highest BCUT2D eigenvalue weighted by molar-refractivity contribution is 5.95. The fourth-order valence-electron chi connectivity index (χ4n) is 4.05. The molecule has 2 unspecified atom stereocenters. The van der Waals surface area contributed by atoms with Gasteiger partial charge in [-0.25, -0.2) is 4.98 Å². The summed E-state index contributed by atoms with van der Waals surface area (Å²) in [5.41, 5.74) is 2.30. The van der Waals surface area contributed by atoms with Gasteiger partial charge in [-0.15, -0.1) is 0 Å². The average molecular weight is 456 g/mol. The molecule has 9 nitrogen and oxygen atoms in total. The first-order valence-electron chi connectivity index (χ1n) is 11.1. The van der Waals surface area contributed by atoms with Crippen LogP contribution in [0.4, 0.5) is 11.6 Å². The molecule has 9 heteroatoms. The molecule has 0 radical (unpaired) electrons. The second-order valence-corrected chi connectivity index (χ2v) is 8.34. The van der Waals surface area contributed by atoms with Gasteiger partial charge in [0, 0.05) is 35.2 Å². The molecule has 0 aliphatic heterocycles. The SMILES string of the molecule is CCC1(NC(=O)c2ccn(-c3nc(Nc4ccc5[nH]ncc5c4)ncc3C)c2)C=CC=CC1O. The lowest BCUT2D eigenvalue weighted by molar-refractivity contribution is 0.0789. The smallest absolute Gasteiger partial charge is 0.253 e. The number of carbonyl (C=O) groups is 1. The number of anilines is 2. The number of fused-ring (bicyclic) bond motifs is 1. The minimum absolute atomic E-state index is 0.266. The summed E-state index contributed by atoms with van der Waals surface area (Å²) < 4.78 is 1.79. The number of hydrogen-bond acceptors (Lipinski definition) is 6. The van der Waals surface area contributed by atoms with E-state index in [-0.39, 0.29) is 5.91 Å². The van der Waals surface area contributed by atoms with Crippen molar-refractivity contribution in [1.29, 1.82) is 0 Å². The van der Waals surface area contributed by atoms with Crippen molar-refractivity contribution >= 4 is 28.4 Å². The number of aliphatic hydroxyl groups excluding tert-OH is 1. The van der Waals surface area contributed by atoms with Crippen molar-refractivity contribution in [3.8, 4) is 5.82 Å². The summed E-state index contributed by atoms with van der Waals surface area (Å²) in [5.74, 6) is 0.833. The van der Waals surface area contributed by atoms with Gasteiger partial charge in [-0.2, -0.15) is 10.1 Å². The van der Waals surface area contributed by atoms with Crippen molar-refractivity contribution in [3.05, 3.63) is 84.5 Å². The highest BCUT2D eigenvalue weighted by Crippen LogP contribution is 2.24. The lowest BCUT2D eigenvalue weighted by Crippen LogP contribution is -2.55. The third-order valence-electron chi connectivity index (χ3n) is 6.10. The summed E-state index contributed by atoms with van der Waals surface area (Å²) in [6, 6.07) is 7.56. The monoisotopic (exact) mass is 455 g/mol. The number of nitrogens with zero attached hydrogens (tertiary/aromatic N) is 4. The summed E-state index contributed by atoms with van der Waals surface area (Å²) in [6.45, 7) is 3.85. The Morgan fingerprint density at radius 2 is 2.15 bits per heavy atom. The number of aliphatic hydroxyl groups is 1. The third-order valence-corrected chi connectivity index (χ3v) is 6.10. The van der Waals surface area contributed by atoms with Gasteiger partial charge in [0.1, 0.15) is 5.82 Å². The molecule has 4 aromatic rings. The molecule has 0 fully saturated rings. The second-order valence-electron chi connectivity index (χ2n) is 8.34. The molecule has 1 aliphatic rings. The minimum Gasteiger partial charge on any atom is -0.386 e. The topological polar surface area (TPSA) is 121 Å². The number of aryl methyl sites for hydroxylation is 1. The Kier molecular flexibility index (Phi) is 5.46. The molecule has 0 spiro atoms. The summed E-state index contributed by atoms with van der Waals surface area (Å²) in [7, 11) is 0. The number of nitrogens with one attached hydrogen (secondary N) is 3. The first-order valence-corrected chi connectivity index (χ1v) is 11.1. The van der Waals surface area contributed by atoms with Crippen molar-refractivity contribution in [2.75, 3.05) is 5.32 Å². The Balaban J connectivity index is 1.37. The zero-order valence-electron chi connectivity index (χ0n) is 18.9. The largest absolute Gasteiger partial charge is 0.386 e. The Bertz CT molecular complexity index is 1420. The molecule has 5 rings (SSSR count). The Labute approximate surface area is 196 Å². The maximum atomic E-state index is 13.0. The van der Waals surface area contributed by atoms with Crippen molar-refractivity contribution in [2.24, 2.45) is 0 Å². The normalized spacial score (nSPS) is 19.4. The zero-order chi connectivity index (χ0) is 23.7. The first-order chi connectivity index (χ1) is 16.5. The maximum absolute atomic E-state index is 13.0. The van der Waals surface area contributed by atoms with Crippen molar-refractivity contribution in [2.45, 2.75) is 31.9 Å². The highest BCUT2D eigenvalue weighted by atomic mass is 16.3. The van der Waals surface area contributed by atoms with Crippen LogP contribution in [0.15, 0.2) is 73.4 Å². The zero-order valence-corrected chi connectivity index (χ0v) is 18.9. The summed E-state index contributed by atoms with van der Waals surface area (Å²) in [4.78, 5) is 22.1. The third kappa shape index (κ3) is 3.97. The lowest BCUT2D eigenvalue weighted by Gasteiger charge is -2.35. The van der Waals surface area contributed by atoms with Gasteiger partial charge in [0.05, 0.1) is 28.9 Å². The molecule has 172 valence electrons. The van der Waals surface area contributed by atoms with Gasteiger partial charge < -0.3 is 20.3 Å². The molecule has 1 amide bonds. The van der Waals surface area contributed by atoms with Gasteiger partial charge in [-0.05, 0) is 37.6 Å². The van der Waals surface area contributed by atoms with Crippen LogP contribution in [0.25, 0.3) is 16.7 Å². The number of benzene rings is 1. The van der Waals surface area contributed by atoms with Gasteiger partial charge in [0.2, 0.25) is 5.95 Å². The van der Waals surface area contributed by atoms with E-state index in [9.17, 15) is 9.90 Å². The Morgan fingerprint density at radius 3 is 2.97 bits per heavy atom. The lowest BCUT2D eigenvalue weighted by atomic mass is 9.85. The van der Waals surface area contributed by atoms with Gasteiger partial charge in [0.25, 0.3) is 5.91 Å². The van der Waals surface area contributed by atoms with E-state index in [2.05, 4.69) is 30.8 Å². The molecule has 3 heterocycles. The molecule has 1 aromatic carbocycles. The number of rotatable bonds is 6. The van der Waals surface area contributed by atoms with E-state index >= 15 is 0 Å². The van der Waals surface area contributed by atoms with Crippen LogP contribution in [0, 0.1) is 6.92 Å². The van der Waals surface area contributed by atoms with Crippen LogP contribution in [0.5, 0.6) is 0 Å². The fraction of sp³-hybridized carbons (Fsp3) is 0.200. The van der Waals surface area contributed by atoms with Crippen molar-refractivity contribution < 1.29 is 9.90 Å². The quantitative estimate of drug-likeness (QED) is 0.353. The van der Waals surface area contributed by atoms with E-state index in [1.165, 1.54) is 0 Å². The first kappa shape index (κ1) is 21.6. The second kappa shape index (κ2) is 8.60. The number of H-pyrrole nitrogens is 1. The molecular weight excluding hydrogens is 430 g/mol. The number of hydrogen-bond donors (Lipinski definition) is 4. The van der Waals surface area contributed by atoms with E-state index in [0.29, 0.717) is 23.8 Å². The molecule has 3 aromatic heterocycles. The minimum atomic E-state index is -0.827. The number of aromatic nitrogens is 5. The van der Waals surface area contributed by atoms with Gasteiger partial charge in [0.15, 0.2) is 0 Å². The van der Waals surface area contributed by atoms with Crippen LogP contribution in [-0.4, -0.2) is 47.4 Å². The van der Waals surface area contributed by atoms with Crippen molar-refractivity contribution in [1.82, 2.24) is 30.0 Å². The fourth-order valence-corrected chi connectivity index (χ4v) is 4.05. The maximum Gasteiger partial charge on any atom is 0.253 e. The number of carbonyl (C=O) groups excluding carboxylic acids is 1. The predicted molar refractivity (Wildman–Crippen MR) is 130 cm³/mol. The van der Waals surface area contributed by atoms with E-state index in [1.807, 2.05) is 44.2 Å².